The lowest BCUT2D eigenvalue weighted by molar-refractivity contribution is 0.0368. The summed E-state index contributed by atoms with van der Waals surface area (Å²) in [6.07, 6.45) is 0.602. The molecule has 0 aromatic heterocycles. The molecule has 0 spiro atoms. The van der Waals surface area contributed by atoms with Crippen molar-refractivity contribution >= 4 is 16.6 Å². The third kappa shape index (κ3) is 9.40. The molecule has 1 aromatic carbocycles. The molecule has 0 aliphatic rings. The molecule has 1 aromatic rings. The molecule has 6 heteroatoms. The Morgan fingerprint density at radius 2 is 1.41 bits per heavy atom. The van der Waals surface area contributed by atoms with E-state index in [-0.39, 0.29) is 16.2 Å². The van der Waals surface area contributed by atoms with Crippen LogP contribution in [-0.4, -0.2) is 43.1 Å². The lowest BCUT2D eigenvalue weighted by Gasteiger charge is -2.39. The molecular weight excluding hydrogens is 432 g/mol. The highest BCUT2D eigenvalue weighted by Crippen LogP contribution is 2.38. The maximum absolute atomic E-state index is 6.64. The first-order chi connectivity index (χ1) is 14.6. The highest BCUT2D eigenvalue weighted by Gasteiger charge is 2.39. The van der Waals surface area contributed by atoms with Gasteiger partial charge >= 0.3 is 0 Å². The van der Waals surface area contributed by atoms with E-state index < -0.39 is 16.6 Å². The van der Waals surface area contributed by atoms with Gasteiger partial charge in [-0.25, -0.2) is 0 Å². The summed E-state index contributed by atoms with van der Waals surface area (Å²) in [6, 6.07) is 7.97. The zero-order valence-corrected chi connectivity index (χ0v) is 24.3. The Bertz CT molecular complexity index is 747. The van der Waals surface area contributed by atoms with Crippen molar-refractivity contribution in [3.05, 3.63) is 29.8 Å². The highest BCUT2D eigenvalue weighted by atomic mass is 28.4. The average molecular weight is 479 g/mol. The summed E-state index contributed by atoms with van der Waals surface area (Å²) < 4.78 is 24.1. The molecule has 0 fully saturated rings. The summed E-state index contributed by atoms with van der Waals surface area (Å²) in [5, 5.41) is 0.331. The Morgan fingerprint density at radius 1 is 0.844 bits per heavy atom. The van der Waals surface area contributed by atoms with Gasteiger partial charge in [-0.15, -0.1) is 0 Å². The Hall–Kier alpha value is -1.11. The number of rotatable bonds is 10. The Morgan fingerprint density at radius 3 is 1.91 bits per heavy atom. The van der Waals surface area contributed by atoms with Gasteiger partial charge in [0.1, 0.15) is 5.75 Å². The fourth-order valence-corrected chi connectivity index (χ4v) is 4.63. The van der Waals surface area contributed by atoms with Crippen LogP contribution < -0.4 is 4.74 Å². The molecule has 1 unspecified atom stereocenters. The first-order valence-electron chi connectivity index (χ1n) is 11.6. The van der Waals surface area contributed by atoms with Gasteiger partial charge in [0.05, 0.1) is 33.0 Å². The van der Waals surface area contributed by atoms with Crippen LogP contribution in [0.1, 0.15) is 53.5 Å². The zero-order valence-electron chi connectivity index (χ0n) is 22.3. The molecule has 0 saturated heterocycles. The normalized spacial score (nSPS) is 14.0. The topological polar surface area (TPSA) is 36.9 Å². The number of hydrogen-bond donors (Lipinski definition) is 0. The van der Waals surface area contributed by atoms with Crippen molar-refractivity contribution < 1.29 is 18.3 Å². The van der Waals surface area contributed by atoms with Gasteiger partial charge in [0.2, 0.25) is 0 Å². The summed E-state index contributed by atoms with van der Waals surface area (Å²) in [5.74, 6) is 7.36. The summed E-state index contributed by atoms with van der Waals surface area (Å²) >= 11 is 0. The van der Waals surface area contributed by atoms with E-state index in [1.807, 2.05) is 24.3 Å². The number of ether oxygens (including phenoxy) is 2. The second-order valence-electron chi connectivity index (χ2n) is 11.5. The summed E-state index contributed by atoms with van der Waals surface area (Å²) in [4.78, 5) is 0. The van der Waals surface area contributed by atoms with Crippen LogP contribution in [-0.2, 0) is 20.2 Å². The standard InChI is InChI=1S/C26H46O4Si2/c1-25(2,3)31(8,9)29-19-13-12-14-24(30-32(10,11)26(4,5)6)21-28-20-22-15-17-23(27-7)18-16-22/h15-18,24H,14,19-21H2,1-11H3. The SMILES string of the molecule is COc1ccc(COCC(CC#CCO[Si](C)(C)C(C)(C)C)O[Si](C)(C)C(C)(C)C)cc1. The minimum Gasteiger partial charge on any atom is -0.497 e. The minimum absolute atomic E-state index is 0.0467. The predicted molar refractivity (Wildman–Crippen MR) is 140 cm³/mol. The molecule has 0 bridgehead atoms. The van der Waals surface area contributed by atoms with E-state index in [2.05, 4.69) is 79.6 Å². The van der Waals surface area contributed by atoms with Crippen LogP contribution in [0.15, 0.2) is 24.3 Å². The first-order valence-corrected chi connectivity index (χ1v) is 17.4. The van der Waals surface area contributed by atoms with Crippen molar-refractivity contribution in [3.8, 4) is 17.6 Å². The summed E-state index contributed by atoms with van der Waals surface area (Å²) in [5.41, 5.74) is 1.12. The maximum Gasteiger partial charge on any atom is 0.193 e. The Balaban J connectivity index is 2.72. The smallest absolute Gasteiger partial charge is 0.193 e. The van der Waals surface area contributed by atoms with Gasteiger partial charge in [-0.1, -0.05) is 65.5 Å². The number of benzene rings is 1. The molecular formula is C26H46O4Si2. The molecule has 0 N–H and O–H groups in total. The fourth-order valence-electron chi connectivity index (χ4n) is 2.43. The van der Waals surface area contributed by atoms with Gasteiger partial charge in [-0.3, -0.25) is 0 Å². The molecule has 1 rings (SSSR count). The van der Waals surface area contributed by atoms with Crippen molar-refractivity contribution in [3.63, 3.8) is 0 Å². The lowest BCUT2D eigenvalue weighted by Crippen LogP contribution is -2.45. The van der Waals surface area contributed by atoms with Gasteiger partial charge in [0, 0.05) is 6.42 Å². The third-order valence-electron chi connectivity index (χ3n) is 6.77. The van der Waals surface area contributed by atoms with Gasteiger partial charge in [0.25, 0.3) is 0 Å². The molecule has 0 heterocycles. The number of hydrogen-bond acceptors (Lipinski definition) is 4. The monoisotopic (exact) mass is 478 g/mol. The van der Waals surface area contributed by atoms with Crippen LogP contribution in [0.2, 0.25) is 36.3 Å². The molecule has 32 heavy (non-hydrogen) atoms. The fraction of sp³-hybridized carbons (Fsp3) is 0.692. The van der Waals surface area contributed by atoms with Crippen LogP contribution in [0.5, 0.6) is 5.75 Å². The molecule has 0 aliphatic heterocycles. The summed E-state index contributed by atoms with van der Waals surface area (Å²) in [7, 11) is -2.02. The van der Waals surface area contributed by atoms with Crippen molar-refractivity contribution in [1.82, 2.24) is 0 Å². The van der Waals surface area contributed by atoms with E-state index in [0.29, 0.717) is 26.2 Å². The minimum atomic E-state index is -1.92. The second kappa shape index (κ2) is 11.8. The van der Waals surface area contributed by atoms with Gasteiger partial charge < -0.3 is 18.3 Å². The Labute approximate surface area is 199 Å². The maximum atomic E-state index is 6.64. The van der Waals surface area contributed by atoms with Crippen LogP contribution >= 0.6 is 0 Å². The van der Waals surface area contributed by atoms with Crippen molar-refractivity contribution in [2.45, 2.75) is 96.9 Å². The molecule has 0 saturated carbocycles. The quantitative estimate of drug-likeness (QED) is 0.267. The van der Waals surface area contributed by atoms with Crippen LogP contribution in [0.25, 0.3) is 0 Å². The number of methoxy groups -OCH3 is 1. The van der Waals surface area contributed by atoms with Gasteiger partial charge in [-0.2, -0.15) is 0 Å². The summed E-state index contributed by atoms with van der Waals surface area (Å²) in [6.45, 7) is 24.1. The van der Waals surface area contributed by atoms with E-state index in [1.165, 1.54) is 0 Å². The lowest BCUT2D eigenvalue weighted by atomic mass is 10.2. The molecule has 4 nitrogen and oxygen atoms in total. The largest absolute Gasteiger partial charge is 0.497 e. The molecule has 1 atom stereocenters. The van der Waals surface area contributed by atoms with Crippen LogP contribution in [0, 0.1) is 11.8 Å². The second-order valence-corrected chi connectivity index (χ2v) is 21.0. The van der Waals surface area contributed by atoms with Gasteiger partial charge in [-0.05, 0) is 54.0 Å². The van der Waals surface area contributed by atoms with Crippen LogP contribution in [0.3, 0.4) is 0 Å². The van der Waals surface area contributed by atoms with Crippen molar-refractivity contribution in [1.29, 1.82) is 0 Å². The molecule has 0 amide bonds. The average Bonchev–Trinajstić information content (AvgIpc) is 2.66. The van der Waals surface area contributed by atoms with Crippen LogP contribution in [0.4, 0.5) is 0 Å². The predicted octanol–water partition coefficient (Wildman–Crippen LogP) is 7.02. The Kier molecular flexibility index (Phi) is 10.7. The van der Waals surface area contributed by atoms with E-state index in [9.17, 15) is 0 Å². The third-order valence-corrected chi connectivity index (χ3v) is 15.8. The van der Waals surface area contributed by atoms with E-state index in [0.717, 1.165) is 11.3 Å². The molecule has 0 aliphatic carbocycles. The zero-order chi connectivity index (χ0) is 24.6. The van der Waals surface area contributed by atoms with E-state index in [1.54, 1.807) is 7.11 Å². The molecule has 182 valence electrons. The van der Waals surface area contributed by atoms with Crippen molar-refractivity contribution in [2.75, 3.05) is 20.3 Å². The highest BCUT2D eigenvalue weighted by molar-refractivity contribution is 6.74. The first kappa shape index (κ1) is 28.9. The van der Waals surface area contributed by atoms with Gasteiger partial charge in [0.15, 0.2) is 16.6 Å². The molecule has 0 radical (unpaired) electrons. The van der Waals surface area contributed by atoms with E-state index in [4.69, 9.17) is 18.3 Å². The van der Waals surface area contributed by atoms with E-state index >= 15 is 0 Å². The van der Waals surface area contributed by atoms with Crippen molar-refractivity contribution in [2.24, 2.45) is 0 Å².